The molecule has 0 saturated heterocycles. The molecule has 0 bridgehead atoms. The molecule has 0 radical (unpaired) electrons. The molecule has 3 atom stereocenters. The van der Waals surface area contributed by atoms with Gasteiger partial charge in [-0.15, -0.1) is 0 Å². The fourth-order valence-electron chi connectivity index (χ4n) is 3.51. The number of aliphatic hydroxyl groups excluding tert-OH is 1. The van der Waals surface area contributed by atoms with Crippen molar-refractivity contribution in [2.75, 3.05) is 11.5 Å². The number of hydrogen-bond donors (Lipinski definition) is 1. The van der Waals surface area contributed by atoms with E-state index in [4.69, 9.17) is 32.7 Å². The van der Waals surface area contributed by atoms with Crippen LogP contribution < -0.4 is 4.90 Å². The lowest BCUT2D eigenvalue weighted by atomic mass is 9.99. The molecule has 1 heterocycles. The van der Waals surface area contributed by atoms with Crippen LogP contribution in [0.5, 0.6) is 0 Å². The van der Waals surface area contributed by atoms with Crippen molar-refractivity contribution >= 4 is 40.8 Å². The highest BCUT2D eigenvalue weighted by Crippen LogP contribution is 2.42. The largest absolute Gasteiger partial charge is 0.464 e. The number of benzene rings is 2. The van der Waals surface area contributed by atoms with Crippen LogP contribution in [-0.4, -0.2) is 41.8 Å². The molecule has 0 spiro atoms. The third kappa shape index (κ3) is 4.32. The molecule has 0 unspecified atom stereocenters. The normalized spacial score (nSPS) is 20.0. The van der Waals surface area contributed by atoms with Crippen molar-refractivity contribution in [3.8, 4) is 0 Å². The number of carbonyl (C=O) groups excluding carboxylic acids is 2. The number of halogens is 2. The Bertz CT molecular complexity index is 949. The van der Waals surface area contributed by atoms with Gasteiger partial charge in [0.1, 0.15) is 6.10 Å². The van der Waals surface area contributed by atoms with Gasteiger partial charge in [0.15, 0.2) is 12.2 Å². The molecule has 0 saturated carbocycles. The van der Waals surface area contributed by atoms with Gasteiger partial charge in [-0.3, -0.25) is 4.79 Å². The Balaban J connectivity index is 2.21. The van der Waals surface area contributed by atoms with E-state index in [1.165, 1.54) is 4.90 Å². The zero-order chi connectivity index (χ0) is 22.0. The summed E-state index contributed by atoms with van der Waals surface area (Å²) in [6.07, 6.45) is -4.12. The third-order valence-electron chi connectivity index (χ3n) is 4.81. The van der Waals surface area contributed by atoms with Gasteiger partial charge in [-0.2, -0.15) is 0 Å². The van der Waals surface area contributed by atoms with Crippen molar-refractivity contribution in [2.45, 2.75) is 45.1 Å². The van der Waals surface area contributed by atoms with Gasteiger partial charge in [-0.05, 0) is 45.0 Å². The zero-order valence-corrected chi connectivity index (χ0v) is 18.4. The average molecular weight is 452 g/mol. The van der Waals surface area contributed by atoms with Gasteiger partial charge < -0.3 is 19.5 Å². The second kappa shape index (κ2) is 9.35. The first-order chi connectivity index (χ1) is 14.3. The summed E-state index contributed by atoms with van der Waals surface area (Å²) in [4.78, 5) is 27.2. The number of fused-ring (bicyclic) bond motifs is 1. The summed E-state index contributed by atoms with van der Waals surface area (Å²) < 4.78 is 11.0. The van der Waals surface area contributed by atoms with E-state index in [2.05, 4.69) is 0 Å². The molecular formula is C22H23Cl2NO5. The summed E-state index contributed by atoms with van der Waals surface area (Å²) in [5.41, 5.74) is 1.77. The first-order valence-electron chi connectivity index (χ1n) is 9.63. The topological polar surface area (TPSA) is 76.1 Å². The fourth-order valence-corrected chi connectivity index (χ4v) is 3.93. The maximum absolute atomic E-state index is 13.4. The monoisotopic (exact) mass is 451 g/mol. The highest BCUT2D eigenvalue weighted by molar-refractivity contribution is 6.31. The Kier molecular flexibility index (Phi) is 7.03. The second-order valence-electron chi connectivity index (χ2n) is 7.16. The minimum absolute atomic E-state index is 0.0640. The Morgan fingerprint density at radius 2 is 1.90 bits per heavy atom. The van der Waals surface area contributed by atoms with Crippen molar-refractivity contribution in [1.82, 2.24) is 0 Å². The lowest BCUT2D eigenvalue weighted by Crippen LogP contribution is -2.51. The van der Waals surface area contributed by atoms with Crippen molar-refractivity contribution in [3.63, 3.8) is 0 Å². The van der Waals surface area contributed by atoms with Crippen LogP contribution in [0.4, 0.5) is 5.69 Å². The number of rotatable bonds is 5. The molecule has 2 aromatic carbocycles. The van der Waals surface area contributed by atoms with E-state index >= 15 is 0 Å². The Hall–Kier alpha value is -2.12. The maximum Gasteiger partial charge on any atom is 0.338 e. The van der Waals surface area contributed by atoms with E-state index in [0.29, 0.717) is 26.9 Å². The minimum Gasteiger partial charge on any atom is -0.464 e. The van der Waals surface area contributed by atoms with Crippen LogP contribution in [0.2, 0.25) is 10.0 Å². The lowest BCUT2D eigenvalue weighted by Gasteiger charge is -2.29. The number of aliphatic hydroxyl groups is 1. The van der Waals surface area contributed by atoms with Crippen LogP contribution >= 0.6 is 23.2 Å². The van der Waals surface area contributed by atoms with E-state index < -0.39 is 30.2 Å². The Labute approximate surface area is 185 Å². The number of nitrogens with zero attached hydrogens (tertiary/aromatic N) is 1. The molecule has 160 valence electrons. The van der Waals surface area contributed by atoms with E-state index in [9.17, 15) is 14.7 Å². The lowest BCUT2D eigenvalue weighted by molar-refractivity contribution is -0.168. The minimum atomic E-state index is -1.80. The molecular weight excluding hydrogens is 429 g/mol. The van der Waals surface area contributed by atoms with Gasteiger partial charge in [-0.1, -0.05) is 41.4 Å². The van der Waals surface area contributed by atoms with Gasteiger partial charge in [0.05, 0.1) is 12.3 Å². The summed E-state index contributed by atoms with van der Waals surface area (Å²) in [6, 6.07) is 11.9. The van der Waals surface area contributed by atoms with Gasteiger partial charge in [0, 0.05) is 27.2 Å². The van der Waals surface area contributed by atoms with Crippen LogP contribution in [0.15, 0.2) is 42.5 Å². The van der Waals surface area contributed by atoms with Crippen LogP contribution in [0.25, 0.3) is 0 Å². The molecule has 0 aliphatic carbocycles. The van der Waals surface area contributed by atoms with Crippen molar-refractivity contribution in [3.05, 3.63) is 63.6 Å². The highest BCUT2D eigenvalue weighted by atomic mass is 35.5. The van der Waals surface area contributed by atoms with Crippen LogP contribution in [0.3, 0.4) is 0 Å². The summed E-state index contributed by atoms with van der Waals surface area (Å²) in [5.74, 6) is -1.48. The SMILES string of the molecule is CCOC(=O)[C@H](O)[C@@H]1O[C@@H](c2ccccc2Cl)c2cc(Cl)ccc2N(C(C)C)C1=O. The molecule has 1 amide bonds. The summed E-state index contributed by atoms with van der Waals surface area (Å²) >= 11 is 12.7. The summed E-state index contributed by atoms with van der Waals surface area (Å²) in [7, 11) is 0. The Morgan fingerprint density at radius 3 is 2.53 bits per heavy atom. The standard InChI is InChI=1S/C22H23Cl2NO5/c1-4-29-22(28)18(26)20-21(27)25(12(2)3)17-10-9-13(23)11-15(17)19(30-20)14-7-5-6-8-16(14)24/h5-12,18-20,26H,4H2,1-3H3/t18-,19+,20+/m1/s1. The van der Waals surface area contributed by atoms with Crippen LogP contribution in [-0.2, 0) is 19.1 Å². The number of carbonyl (C=O) groups is 2. The third-order valence-corrected chi connectivity index (χ3v) is 5.39. The highest BCUT2D eigenvalue weighted by Gasteiger charge is 2.44. The molecule has 8 heteroatoms. The smallest absolute Gasteiger partial charge is 0.338 e. The molecule has 1 aliphatic rings. The van der Waals surface area contributed by atoms with E-state index in [-0.39, 0.29) is 12.6 Å². The average Bonchev–Trinajstić information content (AvgIpc) is 2.82. The van der Waals surface area contributed by atoms with Crippen molar-refractivity contribution in [1.29, 1.82) is 0 Å². The second-order valence-corrected chi connectivity index (χ2v) is 8.00. The first kappa shape index (κ1) is 22.6. The van der Waals surface area contributed by atoms with E-state index in [0.717, 1.165) is 0 Å². The Morgan fingerprint density at radius 1 is 1.20 bits per heavy atom. The quantitative estimate of drug-likeness (QED) is 0.690. The van der Waals surface area contributed by atoms with Crippen molar-refractivity contribution in [2.24, 2.45) is 0 Å². The number of anilines is 1. The van der Waals surface area contributed by atoms with Gasteiger partial charge >= 0.3 is 5.97 Å². The van der Waals surface area contributed by atoms with Gasteiger partial charge in [0.2, 0.25) is 0 Å². The van der Waals surface area contributed by atoms with E-state index in [1.54, 1.807) is 49.4 Å². The summed E-state index contributed by atoms with van der Waals surface area (Å²) in [6.45, 7) is 5.35. The predicted octanol–water partition coefficient (Wildman–Crippen LogP) is 4.15. The zero-order valence-electron chi connectivity index (χ0n) is 16.8. The van der Waals surface area contributed by atoms with Crippen LogP contribution in [0, 0.1) is 0 Å². The molecule has 6 nitrogen and oxygen atoms in total. The van der Waals surface area contributed by atoms with E-state index in [1.807, 2.05) is 13.8 Å². The maximum atomic E-state index is 13.4. The fraction of sp³-hybridized carbons (Fsp3) is 0.364. The molecule has 0 fully saturated rings. The van der Waals surface area contributed by atoms with Crippen LogP contribution in [0.1, 0.15) is 38.0 Å². The summed E-state index contributed by atoms with van der Waals surface area (Å²) in [5, 5.41) is 11.5. The molecule has 0 aromatic heterocycles. The molecule has 1 aliphatic heterocycles. The number of hydrogen-bond acceptors (Lipinski definition) is 5. The molecule has 30 heavy (non-hydrogen) atoms. The number of amides is 1. The molecule has 3 rings (SSSR count). The van der Waals surface area contributed by atoms with Gasteiger partial charge in [0.25, 0.3) is 5.91 Å². The molecule has 1 N–H and O–H groups in total. The van der Waals surface area contributed by atoms with Crippen molar-refractivity contribution < 1.29 is 24.2 Å². The number of ether oxygens (including phenoxy) is 2. The molecule has 2 aromatic rings. The number of esters is 1. The predicted molar refractivity (Wildman–Crippen MR) is 115 cm³/mol. The van der Waals surface area contributed by atoms with Gasteiger partial charge in [-0.25, -0.2) is 4.79 Å². The first-order valence-corrected chi connectivity index (χ1v) is 10.4.